The van der Waals surface area contributed by atoms with Gasteiger partial charge in [0.05, 0.1) is 40.6 Å². The quantitative estimate of drug-likeness (QED) is 0.432. The summed E-state index contributed by atoms with van der Waals surface area (Å²) in [6.07, 6.45) is 0.707. The van der Waals surface area contributed by atoms with Gasteiger partial charge >= 0.3 is 0 Å². The predicted molar refractivity (Wildman–Crippen MR) is 133 cm³/mol. The highest BCUT2D eigenvalue weighted by Crippen LogP contribution is 2.36. The molecule has 0 fully saturated rings. The molecular weight excluding hydrogens is 454 g/mol. The van der Waals surface area contributed by atoms with Gasteiger partial charge in [-0.05, 0) is 41.6 Å². The third-order valence-electron chi connectivity index (χ3n) is 5.68. The van der Waals surface area contributed by atoms with E-state index in [1.807, 2.05) is 59.0 Å². The third-order valence-corrected chi connectivity index (χ3v) is 7.58. The van der Waals surface area contributed by atoms with Crippen molar-refractivity contribution in [2.75, 3.05) is 13.1 Å². The largest absolute Gasteiger partial charge is 0.309 e. The number of likely N-dealkylation sites (N-methyl/N-ethyl adjacent to an activating group) is 1. The van der Waals surface area contributed by atoms with E-state index in [-0.39, 0.29) is 24.1 Å². The number of carbonyl (C=O) groups excluding carboxylic acids is 1. The SMILES string of the molecule is CCN(CC(=O)N1N=C(c2cccs2)C[C@@H]1c1cccs1)Cc1nc2ccccc2c(=O)[nH]1. The number of aromatic amines is 1. The number of rotatable bonds is 7. The Kier molecular flexibility index (Phi) is 6.17. The van der Waals surface area contributed by atoms with Gasteiger partial charge in [0.1, 0.15) is 5.82 Å². The van der Waals surface area contributed by atoms with E-state index in [0.717, 1.165) is 15.5 Å². The molecule has 33 heavy (non-hydrogen) atoms. The molecule has 4 aromatic rings. The summed E-state index contributed by atoms with van der Waals surface area (Å²) in [5, 5.41) is 11.0. The van der Waals surface area contributed by atoms with Crippen molar-refractivity contribution >= 4 is 45.2 Å². The lowest BCUT2D eigenvalue weighted by Gasteiger charge is -2.25. The number of para-hydroxylation sites is 1. The number of carbonyl (C=O) groups is 1. The second-order valence-electron chi connectivity index (χ2n) is 7.83. The van der Waals surface area contributed by atoms with Crippen LogP contribution in [-0.2, 0) is 11.3 Å². The maximum atomic E-state index is 13.4. The highest BCUT2D eigenvalue weighted by Gasteiger charge is 2.34. The molecule has 0 bridgehead atoms. The van der Waals surface area contributed by atoms with Crippen LogP contribution in [0.1, 0.15) is 35.0 Å². The molecule has 1 aromatic carbocycles. The van der Waals surface area contributed by atoms with Crippen LogP contribution >= 0.6 is 22.7 Å². The van der Waals surface area contributed by atoms with E-state index >= 15 is 0 Å². The Hall–Kier alpha value is -3.14. The van der Waals surface area contributed by atoms with Crippen LogP contribution in [0.3, 0.4) is 0 Å². The second-order valence-corrected chi connectivity index (χ2v) is 9.76. The molecule has 7 nitrogen and oxygen atoms in total. The van der Waals surface area contributed by atoms with Gasteiger partial charge in [-0.3, -0.25) is 14.5 Å². The van der Waals surface area contributed by atoms with E-state index in [2.05, 4.69) is 16.0 Å². The molecule has 9 heteroatoms. The van der Waals surface area contributed by atoms with Gasteiger partial charge in [-0.25, -0.2) is 9.99 Å². The number of H-pyrrole nitrogens is 1. The summed E-state index contributed by atoms with van der Waals surface area (Å²) in [5.74, 6) is 0.484. The van der Waals surface area contributed by atoms with Crippen LogP contribution in [0.4, 0.5) is 0 Å². The van der Waals surface area contributed by atoms with Gasteiger partial charge in [0.15, 0.2) is 0 Å². The summed E-state index contributed by atoms with van der Waals surface area (Å²) in [6.45, 7) is 3.20. The van der Waals surface area contributed by atoms with Gasteiger partial charge in [0.25, 0.3) is 11.5 Å². The van der Waals surface area contributed by atoms with E-state index in [1.165, 1.54) is 0 Å². The fourth-order valence-corrected chi connectivity index (χ4v) is 5.53. The molecule has 1 atom stereocenters. The van der Waals surface area contributed by atoms with Gasteiger partial charge in [-0.2, -0.15) is 5.10 Å². The average molecular weight is 478 g/mol. The molecule has 0 saturated carbocycles. The Morgan fingerprint density at radius 1 is 1.15 bits per heavy atom. The lowest BCUT2D eigenvalue weighted by atomic mass is 10.1. The topological polar surface area (TPSA) is 81.7 Å². The molecule has 0 aliphatic carbocycles. The monoisotopic (exact) mass is 477 g/mol. The van der Waals surface area contributed by atoms with Crippen molar-refractivity contribution in [2.45, 2.75) is 25.9 Å². The maximum Gasteiger partial charge on any atom is 0.258 e. The number of benzene rings is 1. The minimum Gasteiger partial charge on any atom is -0.309 e. The highest BCUT2D eigenvalue weighted by atomic mass is 32.1. The Bertz CT molecular complexity index is 1340. The number of nitrogens with zero attached hydrogens (tertiary/aromatic N) is 4. The number of thiophene rings is 2. The molecule has 1 amide bonds. The van der Waals surface area contributed by atoms with Crippen molar-refractivity contribution in [2.24, 2.45) is 5.10 Å². The molecule has 1 N–H and O–H groups in total. The van der Waals surface area contributed by atoms with E-state index in [9.17, 15) is 9.59 Å². The zero-order valence-electron chi connectivity index (χ0n) is 18.1. The molecular formula is C24H23N5O2S2. The lowest BCUT2D eigenvalue weighted by Crippen LogP contribution is -2.38. The summed E-state index contributed by atoms with van der Waals surface area (Å²) < 4.78 is 0. The van der Waals surface area contributed by atoms with Crippen LogP contribution in [0.25, 0.3) is 10.9 Å². The molecule has 168 valence electrons. The van der Waals surface area contributed by atoms with Gasteiger partial charge in [-0.1, -0.05) is 31.2 Å². The Labute approximate surface area is 199 Å². The smallest absolute Gasteiger partial charge is 0.258 e. The number of nitrogens with one attached hydrogen (secondary N) is 1. The standard InChI is InChI=1S/C24H23N5O2S2/c1-2-28(14-22-25-17-8-4-3-7-16(17)24(31)26-22)15-23(30)29-19(21-10-6-12-33-21)13-18(27-29)20-9-5-11-32-20/h3-12,19H,2,13-15H2,1H3,(H,25,26,31)/t19-/m1/s1. The van der Waals surface area contributed by atoms with Crippen molar-refractivity contribution < 1.29 is 4.79 Å². The van der Waals surface area contributed by atoms with Crippen LogP contribution < -0.4 is 5.56 Å². The number of hydrogen-bond acceptors (Lipinski definition) is 7. The van der Waals surface area contributed by atoms with E-state index in [4.69, 9.17) is 5.10 Å². The number of fused-ring (bicyclic) bond motifs is 1. The zero-order valence-corrected chi connectivity index (χ0v) is 19.7. The first-order valence-corrected chi connectivity index (χ1v) is 12.6. The number of hydrogen-bond donors (Lipinski definition) is 1. The molecule has 1 aliphatic heterocycles. The molecule has 0 unspecified atom stereocenters. The molecule has 4 heterocycles. The first kappa shape index (κ1) is 21.7. The summed E-state index contributed by atoms with van der Waals surface area (Å²) in [4.78, 5) is 37.5. The lowest BCUT2D eigenvalue weighted by molar-refractivity contribution is -0.134. The van der Waals surface area contributed by atoms with Crippen molar-refractivity contribution in [3.63, 3.8) is 0 Å². The van der Waals surface area contributed by atoms with Crippen molar-refractivity contribution in [1.82, 2.24) is 19.9 Å². The number of hydrazone groups is 1. The normalized spacial score (nSPS) is 16.0. The molecule has 3 aromatic heterocycles. The summed E-state index contributed by atoms with van der Waals surface area (Å²) in [5.41, 5.74) is 1.43. The van der Waals surface area contributed by atoms with Crippen LogP contribution in [0, 0.1) is 0 Å². The Balaban J connectivity index is 1.36. The Morgan fingerprint density at radius 3 is 2.73 bits per heavy atom. The zero-order chi connectivity index (χ0) is 22.8. The summed E-state index contributed by atoms with van der Waals surface area (Å²) in [7, 11) is 0. The molecule has 1 aliphatic rings. The minimum absolute atomic E-state index is 0.0649. The second kappa shape index (κ2) is 9.38. The summed E-state index contributed by atoms with van der Waals surface area (Å²) >= 11 is 3.28. The van der Waals surface area contributed by atoms with E-state index in [1.54, 1.807) is 33.7 Å². The Morgan fingerprint density at radius 2 is 1.97 bits per heavy atom. The number of amides is 1. The highest BCUT2D eigenvalue weighted by molar-refractivity contribution is 7.12. The van der Waals surface area contributed by atoms with Crippen molar-refractivity contribution in [3.05, 3.63) is 85.2 Å². The van der Waals surface area contributed by atoms with Gasteiger partial charge in [0, 0.05) is 11.3 Å². The van der Waals surface area contributed by atoms with Gasteiger partial charge in [0.2, 0.25) is 0 Å². The van der Waals surface area contributed by atoms with Crippen LogP contribution in [0.5, 0.6) is 0 Å². The van der Waals surface area contributed by atoms with Crippen molar-refractivity contribution in [3.8, 4) is 0 Å². The predicted octanol–water partition coefficient (Wildman–Crippen LogP) is 4.25. The first-order valence-electron chi connectivity index (χ1n) is 10.8. The van der Waals surface area contributed by atoms with Gasteiger partial charge in [-0.15, -0.1) is 22.7 Å². The number of aromatic nitrogens is 2. The maximum absolute atomic E-state index is 13.4. The average Bonchev–Trinajstić information content (AvgIpc) is 3.59. The summed E-state index contributed by atoms with van der Waals surface area (Å²) in [6, 6.07) is 15.3. The van der Waals surface area contributed by atoms with Crippen LogP contribution in [0.2, 0.25) is 0 Å². The molecule has 0 saturated heterocycles. The molecule has 5 rings (SSSR count). The fourth-order valence-electron chi connectivity index (χ4n) is 4.00. The fraction of sp³-hybridized carbons (Fsp3) is 0.250. The van der Waals surface area contributed by atoms with Crippen LogP contribution in [-0.4, -0.2) is 44.6 Å². The molecule has 0 spiro atoms. The van der Waals surface area contributed by atoms with Gasteiger partial charge < -0.3 is 4.98 Å². The van der Waals surface area contributed by atoms with E-state index < -0.39 is 0 Å². The van der Waals surface area contributed by atoms with Crippen LogP contribution in [0.15, 0.2) is 69.2 Å². The van der Waals surface area contributed by atoms with Crippen molar-refractivity contribution in [1.29, 1.82) is 0 Å². The first-order chi connectivity index (χ1) is 16.1. The minimum atomic E-state index is -0.166. The third kappa shape index (κ3) is 4.52. The molecule has 0 radical (unpaired) electrons. The van der Waals surface area contributed by atoms with E-state index in [0.29, 0.717) is 36.2 Å².